The lowest BCUT2D eigenvalue weighted by molar-refractivity contribution is -0.151. The molecule has 0 fully saturated rings. The second-order valence-electron chi connectivity index (χ2n) is 9.74. The van der Waals surface area contributed by atoms with Gasteiger partial charge in [-0.3, -0.25) is 9.59 Å². The average molecular weight is 469 g/mol. The van der Waals surface area contributed by atoms with Gasteiger partial charge in [-0.05, 0) is 12.3 Å². The molecule has 0 spiro atoms. The predicted octanol–water partition coefficient (Wildman–Crippen LogP) is 8.94. The van der Waals surface area contributed by atoms with Gasteiger partial charge in [-0.25, -0.2) is 0 Å². The van der Waals surface area contributed by atoms with Crippen molar-refractivity contribution in [3.8, 4) is 0 Å². The highest BCUT2D eigenvalue weighted by atomic mass is 16.5. The summed E-state index contributed by atoms with van der Waals surface area (Å²) in [5.41, 5.74) is 0. The third-order valence-corrected chi connectivity index (χ3v) is 6.68. The molecule has 0 atom stereocenters. The summed E-state index contributed by atoms with van der Waals surface area (Å²) < 4.78 is 10.5. The van der Waals surface area contributed by atoms with Crippen LogP contribution < -0.4 is 0 Å². The van der Waals surface area contributed by atoms with E-state index in [1.54, 1.807) is 0 Å². The maximum absolute atomic E-state index is 11.7. The first-order valence-electron chi connectivity index (χ1n) is 14.4. The molecule has 0 saturated heterocycles. The van der Waals surface area contributed by atoms with Crippen LogP contribution in [0, 0.1) is 5.92 Å². The molecule has 4 heteroatoms. The molecule has 0 aliphatic heterocycles. The van der Waals surface area contributed by atoms with E-state index in [2.05, 4.69) is 20.8 Å². The first-order chi connectivity index (χ1) is 16.1. The normalized spacial score (nSPS) is 11.2. The van der Waals surface area contributed by atoms with Crippen LogP contribution in [0.3, 0.4) is 0 Å². The molecule has 196 valence electrons. The van der Waals surface area contributed by atoms with Crippen LogP contribution in [0.4, 0.5) is 0 Å². The number of esters is 2. The highest BCUT2D eigenvalue weighted by Crippen LogP contribution is 2.14. The monoisotopic (exact) mass is 468 g/mol. The summed E-state index contributed by atoms with van der Waals surface area (Å²) in [6.07, 6.45) is 25.0. The van der Waals surface area contributed by atoms with E-state index in [4.69, 9.17) is 9.47 Å². The maximum atomic E-state index is 11.7. The molecule has 0 saturated carbocycles. The Kier molecular flexibility index (Phi) is 24.7. The molecular formula is C29H56O4. The molecule has 0 amide bonds. The van der Waals surface area contributed by atoms with Crippen molar-refractivity contribution in [1.82, 2.24) is 0 Å². The number of carbonyl (C=O) groups excluding carboxylic acids is 2. The van der Waals surface area contributed by atoms with E-state index < -0.39 is 0 Å². The van der Waals surface area contributed by atoms with Gasteiger partial charge in [0.25, 0.3) is 0 Å². The van der Waals surface area contributed by atoms with E-state index in [9.17, 15) is 9.59 Å². The molecule has 0 aliphatic carbocycles. The number of hydrogen-bond donors (Lipinski definition) is 0. The lowest BCUT2D eigenvalue weighted by atomic mass is 10.0. The predicted molar refractivity (Wildman–Crippen MR) is 139 cm³/mol. The molecule has 0 radical (unpaired) electrons. The average Bonchev–Trinajstić information content (AvgIpc) is 2.82. The minimum atomic E-state index is -0.295. The second kappa shape index (κ2) is 25.6. The minimum Gasteiger partial charge on any atom is -0.466 e. The third kappa shape index (κ3) is 23.9. The maximum Gasteiger partial charge on any atom is 0.306 e. The van der Waals surface area contributed by atoms with Crippen LogP contribution in [-0.2, 0) is 19.1 Å². The zero-order chi connectivity index (χ0) is 24.4. The standard InChI is InChI=1S/C29H56O4/c1-4-7-8-9-10-11-12-13-14-15-16-17-18-19-20-21-22-25-32-28(30)23-24-29(31)33-26-27(5-2)6-3/h27H,4-26H2,1-3H3. The first-order valence-corrected chi connectivity index (χ1v) is 14.4. The Morgan fingerprint density at radius 1 is 0.515 bits per heavy atom. The van der Waals surface area contributed by atoms with Crippen LogP contribution >= 0.6 is 0 Å². The van der Waals surface area contributed by atoms with E-state index in [1.807, 2.05) is 0 Å². The summed E-state index contributed by atoms with van der Waals surface area (Å²) in [5, 5.41) is 0. The number of unbranched alkanes of at least 4 members (excludes halogenated alkanes) is 16. The first kappa shape index (κ1) is 31.9. The summed E-state index contributed by atoms with van der Waals surface area (Å²) in [7, 11) is 0. The van der Waals surface area contributed by atoms with Gasteiger partial charge in [0, 0.05) is 0 Å². The van der Waals surface area contributed by atoms with Crippen molar-refractivity contribution in [3.05, 3.63) is 0 Å². The quantitative estimate of drug-likeness (QED) is 0.0991. The van der Waals surface area contributed by atoms with Crippen LogP contribution in [0.25, 0.3) is 0 Å². The van der Waals surface area contributed by atoms with Crippen molar-refractivity contribution in [2.24, 2.45) is 5.92 Å². The number of carbonyl (C=O) groups is 2. The van der Waals surface area contributed by atoms with Gasteiger partial charge in [-0.1, -0.05) is 136 Å². The Bertz CT molecular complexity index is 431. The van der Waals surface area contributed by atoms with Gasteiger partial charge >= 0.3 is 11.9 Å². The van der Waals surface area contributed by atoms with Crippen molar-refractivity contribution in [2.45, 2.75) is 156 Å². The Hall–Kier alpha value is -1.06. The molecule has 0 aromatic heterocycles. The molecule has 0 unspecified atom stereocenters. The zero-order valence-corrected chi connectivity index (χ0v) is 22.5. The fraction of sp³-hybridized carbons (Fsp3) is 0.931. The van der Waals surface area contributed by atoms with Crippen molar-refractivity contribution in [2.75, 3.05) is 13.2 Å². The van der Waals surface area contributed by atoms with Crippen molar-refractivity contribution in [3.63, 3.8) is 0 Å². The number of ether oxygens (including phenoxy) is 2. The summed E-state index contributed by atoms with van der Waals surface area (Å²) in [5.74, 6) is -0.164. The number of hydrogen-bond acceptors (Lipinski definition) is 4. The van der Waals surface area contributed by atoms with E-state index >= 15 is 0 Å². The Morgan fingerprint density at radius 2 is 0.879 bits per heavy atom. The molecular weight excluding hydrogens is 412 g/mol. The minimum absolute atomic E-state index is 0.123. The second-order valence-corrected chi connectivity index (χ2v) is 9.74. The molecule has 0 aromatic rings. The van der Waals surface area contributed by atoms with Crippen LogP contribution in [-0.4, -0.2) is 25.2 Å². The summed E-state index contributed by atoms with van der Waals surface area (Å²) in [6.45, 7) is 7.40. The smallest absolute Gasteiger partial charge is 0.306 e. The fourth-order valence-electron chi connectivity index (χ4n) is 4.10. The molecule has 0 heterocycles. The summed E-state index contributed by atoms with van der Waals surface area (Å²) in [4.78, 5) is 23.4. The van der Waals surface area contributed by atoms with Gasteiger partial charge in [-0.15, -0.1) is 0 Å². The topological polar surface area (TPSA) is 52.6 Å². The van der Waals surface area contributed by atoms with E-state index in [0.29, 0.717) is 19.1 Å². The molecule has 0 aliphatic rings. The van der Waals surface area contributed by atoms with E-state index in [1.165, 1.54) is 96.3 Å². The molecule has 0 aromatic carbocycles. The van der Waals surface area contributed by atoms with Crippen molar-refractivity contribution < 1.29 is 19.1 Å². The molecule has 33 heavy (non-hydrogen) atoms. The highest BCUT2D eigenvalue weighted by Gasteiger charge is 2.11. The van der Waals surface area contributed by atoms with Crippen molar-refractivity contribution >= 4 is 11.9 Å². The Labute approximate surface area is 206 Å². The van der Waals surface area contributed by atoms with E-state index in [0.717, 1.165) is 25.7 Å². The van der Waals surface area contributed by atoms with Gasteiger partial charge in [0.15, 0.2) is 0 Å². The van der Waals surface area contributed by atoms with Gasteiger partial charge < -0.3 is 9.47 Å². The van der Waals surface area contributed by atoms with Crippen molar-refractivity contribution in [1.29, 1.82) is 0 Å². The Balaban J connectivity index is 3.28. The summed E-state index contributed by atoms with van der Waals surface area (Å²) in [6, 6.07) is 0. The fourth-order valence-corrected chi connectivity index (χ4v) is 4.10. The lowest BCUT2D eigenvalue weighted by Gasteiger charge is -2.12. The van der Waals surface area contributed by atoms with Gasteiger partial charge in [0.05, 0.1) is 26.1 Å². The molecule has 0 bridgehead atoms. The molecule has 0 N–H and O–H groups in total. The van der Waals surface area contributed by atoms with E-state index in [-0.39, 0.29) is 24.8 Å². The van der Waals surface area contributed by atoms with Gasteiger partial charge in [0.2, 0.25) is 0 Å². The van der Waals surface area contributed by atoms with Gasteiger partial charge in [-0.2, -0.15) is 0 Å². The summed E-state index contributed by atoms with van der Waals surface area (Å²) >= 11 is 0. The zero-order valence-electron chi connectivity index (χ0n) is 22.5. The Morgan fingerprint density at radius 3 is 1.27 bits per heavy atom. The van der Waals surface area contributed by atoms with Crippen LogP contribution in [0.5, 0.6) is 0 Å². The molecule has 0 rings (SSSR count). The molecule has 4 nitrogen and oxygen atoms in total. The van der Waals surface area contributed by atoms with Gasteiger partial charge in [0.1, 0.15) is 0 Å². The SMILES string of the molecule is CCCCCCCCCCCCCCCCCCCOC(=O)CCC(=O)OCC(CC)CC. The van der Waals surface area contributed by atoms with Crippen LogP contribution in [0.2, 0.25) is 0 Å². The highest BCUT2D eigenvalue weighted by molar-refractivity contribution is 5.77. The largest absolute Gasteiger partial charge is 0.466 e. The lowest BCUT2D eigenvalue weighted by Crippen LogP contribution is -2.15. The van der Waals surface area contributed by atoms with Crippen LogP contribution in [0.15, 0.2) is 0 Å². The van der Waals surface area contributed by atoms with Crippen LogP contribution in [0.1, 0.15) is 156 Å². The number of rotatable bonds is 25. The third-order valence-electron chi connectivity index (χ3n) is 6.68.